The Labute approximate surface area is 95.7 Å². The summed E-state index contributed by atoms with van der Waals surface area (Å²) in [6.45, 7) is 5.64. The maximum atomic E-state index is 5.57. The van der Waals surface area contributed by atoms with Gasteiger partial charge in [-0.1, -0.05) is 13.0 Å². The van der Waals surface area contributed by atoms with E-state index in [-0.39, 0.29) is 0 Å². The summed E-state index contributed by atoms with van der Waals surface area (Å²) >= 11 is 0. The summed E-state index contributed by atoms with van der Waals surface area (Å²) in [6.07, 6.45) is 4.10. The van der Waals surface area contributed by atoms with Gasteiger partial charge in [0.25, 0.3) is 0 Å². The third-order valence-electron chi connectivity index (χ3n) is 2.69. The quantitative estimate of drug-likeness (QED) is 0.818. The van der Waals surface area contributed by atoms with Crippen molar-refractivity contribution in [3.63, 3.8) is 0 Å². The summed E-state index contributed by atoms with van der Waals surface area (Å²) in [4.78, 5) is 6.86. The second-order valence-electron chi connectivity index (χ2n) is 3.86. The van der Waals surface area contributed by atoms with Gasteiger partial charge in [-0.3, -0.25) is 4.90 Å². The van der Waals surface area contributed by atoms with E-state index in [0.29, 0.717) is 6.54 Å². The predicted octanol–water partition coefficient (Wildman–Crippen LogP) is 1.11. The van der Waals surface area contributed by atoms with Gasteiger partial charge >= 0.3 is 0 Å². The first-order valence-electron chi connectivity index (χ1n) is 5.68. The number of pyridine rings is 1. The Morgan fingerprint density at radius 2 is 2.31 bits per heavy atom. The van der Waals surface area contributed by atoms with E-state index in [1.807, 2.05) is 28.8 Å². The summed E-state index contributed by atoms with van der Waals surface area (Å²) < 4.78 is 2.05. The molecule has 86 valence electrons. The van der Waals surface area contributed by atoms with Crippen LogP contribution < -0.4 is 5.73 Å². The van der Waals surface area contributed by atoms with Crippen LogP contribution in [0.2, 0.25) is 0 Å². The molecule has 2 aromatic heterocycles. The minimum atomic E-state index is 0.696. The molecule has 4 heteroatoms. The molecule has 0 radical (unpaired) electrons. The third-order valence-corrected chi connectivity index (χ3v) is 2.69. The van der Waals surface area contributed by atoms with E-state index in [4.69, 9.17) is 5.73 Å². The van der Waals surface area contributed by atoms with Crippen molar-refractivity contribution in [2.24, 2.45) is 5.73 Å². The van der Waals surface area contributed by atoms with E-state index in [0.717, 1.165) is 31.0 Å². The van der Waals surface area contributed by atoms with Gasteiger partial charge < -0.3 is 10.1 Å². The minimum absolute atomic E-state index is 0.696. The highest BCUT2D eigenvalue weighted by Gasteiger charge is 2.05. The van der Waals surface area contributed by atoms with Gasteiger partial charge in [-0.2, -0.15) is 0 Å². The Morgan fingerprint density at radius 1 is 1.44 bits per heavy atom. The molecule has 0 spiro atoms. The number of nitrogens with zero attached hydrogens (tertiary/aromatic N) is 3. The normalized spacial score (nSPS) is 11.4. The molecule has 2 N–H and O–H groups in total. The lowest BCUT2D eigenvalue weighted by molar-refractivity contribution is 0.285. The molecule has 0 fully saturated rings. The molecule has 0 aromatic carbocycles. The zero-order valence-electron chi connectivity index (χ0n) is 9.63. The first-order chi connectivity index (χ1) is 7.83. The fraction of sp³-hybridized carbons (Fsp3) is 0.417. The topological polar surface area (TPSA) is 46.6 Å². The summed E-state index contributed by atoms with van der Waals surface area (Å²) in [7, 11) is 0. The van der Waals surface area contributed by atoms with Crippen LogP contribution in [0.15, 0.2) is 30.6 Å². The van der Waals surface area contributed by atoms with Crippen LogP contribution in [0, 0.1) is 0 Å². The zero-order chi connectivity index (χ0) is 11.4. The molecule has 2 aromatic rings. The molecular formula is C12H18N4. The molecule has 0 atom stereocenters. The van der Waals surface area contributed by atoms with Crippen molar-refractivity contribution >= 4 is 5.65 Å². The average Bonchev–Trinajstić information content (AvgIpc) is 2.70. The van der Waals surface area contributed by atoms with E-state index < -0.39 is 0 Å². The molecule has 0 aliphatic rings. The van der Waals surface area contributed by atoms with E-state index >= 15 is 0 Å². The maximum absolute atomic E-state index is 5.57. The molecule has 0 saturated carbocycles. The summed E-state index contributed by atoms with van der Waals surface area (Å²) in [5.41, 5.74) is 7.67. The Bertz CT molecular complexity index is 416. The summed E-state index contributed by atoms with van der Waals surface area (Å²) in [5, 5.41) is 0. The van der Waals surface area contributed by atoms with Crippen molar-refractivity contribution in [1.82, 2.24) is 14.3 Å². The molecule has 4 nitrogen and oxygen atoms in total. The zero-order valence-corrected chi connectivity index (χ0v) is 9.63. The lowest BCUT2D eigenvalue weighted by atomic mass is 10.4. The lowest BCUT2D eigenvalue weighted by Crippen LogP contribution is -2.28. The van der Waals surface area contributed by atoms with E-state index in [1.165, 1.54) is 0 Å². The third kappa shape index (κ3) is 2.40. The largest absolute Gasteiger partial charge is 0.329 e. The Hall–Kier alpha value is -1.39. The molecule has 0 bridgehead atoms. The summed E-state index contributed by atoms with van der Waals surface area (Å²) in [6, 6.07) is 6.03. The van der Waals surface area contributed by atoms with Crippen LogP contribution in [-0.2, 0) is 6.54 Å². The van der Waals surface area contributed by atoms with Gasteiger partial charge in [0.1, 0.15) is 5.65 Å². The van der Waals surface area contributed by atoms with Crippen molar-refractivity contribution in [3.05, 3.63) is 36.3 Å². The van der Waals surface area contributed by atoms with Crippen LogP contribution in [0.1, 0.15) is 12.6 Å². The first kappa shape index (κ1) is 11.1. The smallest absolute Gasteiger partial charge is 0.137 e. The number of aromatic nitrogens is 2. The van der Waals surface area contributed by atoms with E-state index in [9.17, 15) is 0 Å². The number of hydrogen-bond acceptors (Lipinski definition) is 3. The fourth-order valence-electron chi connectivity index (χ4n) is 1.82. The van der Waals surface area contributed by atoms with Crippen LogP contribution >= 0.6 is 0 Å². The Morgan fingerprint density at radius 3 is 3.00 bits per heavy atom. The molecule has 0 aliphatic carbocycles. The van der Waals surface area contributed by atoms with Crippen LogP contribution in [0.5, 0.6) is 0 Å². The number of nitrogens with two attached hydrogens (primary N) is 1. The molecule has 0 amide bonds. The van der Waals surface area contributed by atoms with Gasteiger partial charge in [0.2, 0.25) is 0 Å². The van der Waals surface area contributed by atoms with Crippen LogP contribution in [0.3, 0.4) is 0 Å². The number of imidazole rings is 1. The number of fused-ring (bicyclic) bond motifs is 1. The molecule has 0 aliphatic heterocycles. The van der Waals surface area contributed by atoms with Crippen molar-refractivity contribution in [3.8, 4) is 0 Å². The summed E-state index contributed by atoms with van der Waals surface area (Å²) in [5.74, 6) is 0. The molecule has 2 heterocycles. The Kier molecular flexibility index (Phi) is 3.54. The molecule has 16 heavy (non-hydrogen) atoms. The highest BCUT2D eigenvalue weighted by molar-refractivity contribution is 5.39. The van der Waals surface area contributed by atoms with Gasteiger partial charge in [-0.15, -0.1) is 0 Å². The lowest BCUT2D eigenvalue weighted by Gasteiger charge is -2.17. The van der Waals surface area contributed by atoms with Gasteiger partial charge in [0, 0.05) is 32.0 Å². The fourth-order valence-corrected chi connectivity index (χ4v) is 1.82. The highest BCUT2D eigenvalue weighted by Crippen LogP contribution is 2.06. The van der Waals surface area contributed by atoms with Crippen molar-refractivity contribution in [2.75, 3.05) is 19.6 Å². The van der Waals surface area contributed by atoms with Crippen molar-refractivity contribution in [1.29, 1.82) is 0 Å². The van der Waals surface area contributed by atoms with Crippen molar-refractivity contribution < 1.29 is 0 Å². The van der Waals surface area contributed by atoms with Crippen LogP contribution in [-0.4, -0.2) is 33.9 Å². The molecule has 0 unspecified atom stereocenters. The second kappa shape index (κ2) is 5.09. The van der Waals surface area contributed by atoms with E-state index in [2.05, 4.69) is 23.0 Å². The van der Waals surface area contributed by atoms with Crippen LogP contribution in [0.4, 0.5) is 0 Å². The molecule has 0 saturated heterocycles. The average molecular weight is 218 g/mol. The van der Waals surface area contributed by atoms with Crippen molar-refractivity contribution in [2.45, 2.75) is 13.5 Å². The number of rotatable bonds is 5. The minimum Gasteiger partial charge on any atom is -0.329 e. The van der Waals surface area contributed by atoms with Crippen LogP contribution in [0.25, 0.3) is 5.65 Å². The Balaban J connectivity index is 2.14. The first-order valence-corrected chi connectivity index (χ1v) is 5.68. The number of likely N-dealkylation sites (N-methyl/N-ethyl adjacent to an activating group) is 1. The monoisotopic (exact) mass is 218 g/mol. The standard InChI is InChI=1S/C12H18N4/c1-2-15(8-6-13)9-11-10-16-7-4-3-5-12(16)14-11/h3-5,7,10H,2,6,8-9,13H2,1H3. The number of hydrogen-bond donors (Lipinski definition) is 1. The highest BCUT2D eigenvalue weighted by atomic mass is 15.1. The SMILES string of the molecule is CCN(CCN)Cc1cn2ccccc2n1. The van der Waals surface area contributed by atoms with Gasteiger partial charge in [-0.05, 0) is 18.7 Å². The maximum Gasteiger partial charge on any atom is 0.137 e. The predicted molar refractivity (Wildman–Crippen MR) is 65.2 cm³/mol. The van der Waals surface area contributed by atoms with E-state index in [1.54, 1.807) is 0 Å². The van der Waals surface area contributed by atoms with Gasteiger partial charge in [0.05, 0.1) is 5.69 Å². The van der Waals surface area contributed by atoms with Gasteiger partial charge in [-0.25, -0.2) is 4.98 Å². The second-order valence-corrected chi connectivity index (χ2v) is 3.86. The molecular weight excluding hydrogens is 200 g/mol. The van der Waals surface area contributed by atoms with Gasteiger partial charge in [0.15, 0.2) is 0 Å². The molecule has 2 rings (SSSR count).